The van der Waals surface area contributed by atoms with E-state index in [1.54, 1.807) is 0 Å². The standard InChI is InChI=1S/C22H35N3O2/c1-16-14-25(21(15-26)17(2)22(16)27)12-6-4-3-5-10-23-19-7-8-20-18(13-19)9-11-24-20/h7-9,11,13,16-17,21-24,26-27H,3-6,10,12,14-15H2,1-2H3/t16-,17?,21-,22-/m1/s1. The summed E-state index contributed by atoms with van der Waals surface area (Å²) in [7, 11) is 0. The van der Waals surface area contributed by atoms with E-state index in [0.29, 0.717) is 0 Å². The van der Waals surface area contributed by atoms with Crippen molar-refractivity contribution in [3.63, 3.8) is 0 Å². The third kappa shape index (κ3) is 5.03. The van der Waals surface area contributed by atoms with Gasteiger partial charge in [0.1, 0.15) is 0 Å². The fourth-order valence-electron chi connectivity index (χ4n) is 4.42. The zero-order valence-electron chi connectivity index (χ0n) is 16.7. The van der Waals surface area contributed by atoms with Crippen LogP contribution in [0, 0.1) is 11.8 Å². The molecule has 5 heteroatoms. The summed E-state index contributed by atoms with van der Waals surface area (Å²) in [6.45, 7) is 7.21. The highest BCUT2D eigenvalue weighted by atomic mass is 16.3. The lowest BCUT2D eigenvalue weighted by molar-refractivity contribution is -0.0615. The number of fused-ring (bicyclic) bond motifs is 1. The first-order chi connectivity index (χ1) is 13.1. The minimum atomic E-state index is -0.296. The van der Waals surface area contributed by atoms with Gasteiger partial charge >= 0.3 is 0 Å². The molecular formula is C22H35N3O2. The number of nitrogens with one attached hydrogen (secondary N) is 2. The van der Waals surface area contributed by atoms with Crippen LogP contribution in [0.2, 0.25) is 0 Å². The summed E-state index contributed by atoms with van der Waals surface area (Å²) in [5.41, 5.74) is 2.36. The van der Waals surface area contributed by atoms with E-state index in [4.69, 9.17) is 0 Å². The number of nitrogens with zero attached hydrogens (tertiary/aromatic N) is 1. The summed E-state index contributed by atoms with van der Waals surface area (Å²) in [4.78, 5) is 5.60. The molecule has 4 atom stereocenters. The number of piperidine rings is 1. The lowest BCUT2D eigenvalue weighted by Gasteiger charge is -2.45. The number of anilines is 1. The van der Waals surface area contributed by atoms with Crippen LogP contribution in [0.3, 0.4) is 0 Å². The number of aromatic amines is 1. The molecule has 3 rings (SSSR count). The zero-order chi connectivity index (χ0) is 19.2. The summed E-state index contributed by atoms with van der Waals surface area (Å²) in [6, 6.07) is 8.63. The Hall–Kier alpha value is -1.56. The van der Waals surface area contributed by atoms with Crippen molar-refractivity contribution < 1.29 is 10.2 Å². The number of aliphatic hydroxyl groups is 2. The molecular weight excluding hydrogens is 338 g/mol. The van der Waals surface area contributed by atoms with E-state index in [1.165, 1.54) is 35.9 Å². The summed E-state index contributed by atoms with van der Waals surface area (Å²) < 4.78 is 0. The Morgan fingerprint density at radius 3 is 2.78 bits per heavy atom. The fraction of sp³-hybridized carbons (Fsp3) is 0.636. The van der Waals surface area contributed by atoms with Crippen molar-refractivity contribution in [3.05, 3.63) is 30.5 Å². The average molecular weight is 374 g/mol. The number of rotatable bonds is 9. The molecule has 0 bridgehead atoms. The molecule has 1 unspecified atom stereocenters. The van der Waals surface area contributed by atoms with Crippen molar-refractivity contribution in [3.8, 4) is 0 Å². The number of hydrogen-bond donors (Lipinski definition) is 4. The Balaban J connectivity index is 1.32. The van der Waals surface area contributed by atoms with Gasteiger partial charge in [0.2, 0.25) is 0 Å². The Morgan fingerprint density at radius 1 is 1.15 bits per heavy atom. The first-order valence-corrected chi connectivity index (χ1v) is 10.4. The van der Waals surface area contributed by atoms with E-state index in [0.717, 1.165) is 26.1 Å². The predicted octanol–water partition coefficient (Wildman–Crippen LogP) is 3.45. The van der Waals surface area contributed by atoms with E-state index in [-0.39, 0.29) is 30.6 Å². The Bertz CT molecular complexity index is 702. The van der Waals surface area contributed by atoms with Gasteiger partial charge in [0, 0.05) is 47.8 Å². The topological polar surface area (TPSA) is 71.5 Å². The van der Waals surface area contributed by atoms with Crippen LogP contribution in [0.25, 0.3) is 10.9 Å². The lowest BCUT2D eigenvalue weighted by Crippen LogP contribution is -2.55. The van der Waals surface area contributed by atoms with Gasteiger partial charge in [0.25, 0.3) is 0 Å². The number of hydrogen-bond acceptors (Lipinski definition) is 4. The average Bonchev–Trinajstić information content (AvgIpc) is 3.13. The highest BCUT2D eigenvalue weighted by Crippen LogP contribution is 2.28. The number of likely N-dealkylation sites (tertiary alicyclic amines) is 1. The van der Waals surface area contributed by atoms with Gasteiger partial charge in [-0.1, -0.05) is 26.7 Å². The minimum Gasteiger partial charge on any atom is -0.395 e. The van der Waals surface area contributed by atoms with Gasteiger partial charge < -0.3 is 20.5 Å². The summed E-state index contributed by atoms with van der Waals surface area (Å²) in [6.07, 6.45) is 6.42. The van der Waals surface area contributed by atoms with Crippen molar-refractivity contribution in [2.45, 2.75) is 51.7 Å². The van der Waals surface area contributed by atoms with Crippen molar-refractivity contribution in [2.24, 2.45) is 11.8 Å². The second-order valence-corrected chi connectivity index (χ2v) is 8.19. The van der Waals surface area contributed by atoms with E-state index in [2.05, 4.69) is 53.3 Å². The van der Waals surface area contributed by atoms with Crippen molar-refractivity contribution in [2.75, 3.05) is 31.6 Å². The Morgan fingerprint density at radius 2 is 1.96 bits per heavy atom. The number of aromatic nitrogens is 1. The maximum Gasteiger partial charge on any atom is 0.0619 e. The highest BCUT2D eigenvalue weighted by molar-refractivity contribution is 5.82. The second kappa shape index (κ2) is 9.58. The molecule has 1 aliphatic heterocycles. The van der Waals surface area contributed by atoms with E-state index in [1.807, 2.05) is 6.20 Å². The lowest BCUT2D eigenvalue weighted by atomic mass is 9.82. The normalized spacial score (nSPS) is 26.5. The number of aliphatic hydroxyl groups excluding tert-OH is 2. The third-order valence-corrected chi connectivity index (χ3v) is 6.16. The first kappa shape index (κ1) is 20.2. The van der Waals surface area contributed by atoms with Crippen LogP contribution in [0.15, 0.2) is 30.5 Å². The van der Waals surface area contributed by atoms with Gasteiger partial charge in [0.05, 0.1) is 12.7 Å². The van der Waals surface area contributed by atoms with E-state index in [9.17, 15) is 10.2 Å². The number of unbranched alkanes of at least 4 members (excludes halogenated alkanes) is 3. The molecule has 2 heterocycles. The monoisotopic (exact) mass is 373 g/mol. The van der Waals surface area contributed by atoms with Crippen molar-refractivity contribution >= 4 is 16.6 Å². The SMILES string of the molecule is CC1[C@@H](CO)N(CCCCCCNc2ccc3[nH]ccc3c2)C[C@@H](C)[C@H]1O. The van der Waals surface area contributed by atoms with Crippen molar-refractivity contribution in [1.29, 1.82) is 0 Å². The first-order valence-electron chi connectivity index (χ1n) is 10.4. The molecule has 150 valence electrons. The third-order valence-electron chi connectivity index (χ3n) is 6.16. The molecule has 0 aliphatic carbocycles. The van der Waals surface area contributed by atoms with Crippen LogP contribution < -0.4 is 5.32 Å². The van der Waals surface area contributed by atoms with Gasteiger partial charge in [-0.05, 0) is 49.6 Å². The molecule has 4 N–H and O–H groups in total. The van der Waals surface area contributed by atoms with Crippen LogP contribution in [0.5, 0.6) is 0 Å². The molecule has 1 fully saturated rings. The molecule has 5 nitrogen and oxygen atoms in total. The predicted molar refractivity (Wildman–Crippen MR) is 112 cm³/mol. The smallest absolute Gasteiger partial charge is 0.0619 e. The Kier molecular flexibility index (Phi) is 7.16. The second-order valence-electron chi connectivity index (χ2n) is 8.19. The van der Waals surface area contributed by atoms with Crippen LogP contribution in [0.4, 0.5) is 5.69 Å². The maximum atomic E-state index is 10.2. The summed E-state index contributed by atoms with van der Waals surface area (Å²) in [5, 5.41) is 24.7. The molecule has 2 aromatic rings. The van der Waals surface area contributed by atoms with Gasteiger partial charge in [-0.15, -0.1) is 0 Å². The molecule has 27 heavy (non-hydrogen) atoms. The van der Waals surface area contributed by atoms with Gasteiger partial charge in [-0.3, -0.25) is 4.90 Å². The molecule has 0 saturated carbocycles. The molecule has 0 amide bonds. The van der Waals surface area contributed by atoms with Crippen LogP contribution in [-0.4, -0.2) is 58.5 Å². The van der Waals surface area contributed by atoms with Gasteiger partial charge in [0.15, 0.2) is 0 Å². The molecule has 1 aliphatic rings. The molecule has 1 saturated heterocycles. The van der Waals surface area contributed by atoms with Gasteiger partial charge in [-0.25, -0.2) is 0 Å². The summed E-state index contributed by atoms with van der Waals surface area (Å²) in [5.74, 6) is 0.421. The zero-order valence-corrected chi connectivity index (χ0v) is 16.7. The fourth-order valence-corrected chi connectivity index (χ4v) is 4.42. The Labute approximate surface area is 162 Å². The van der Waals surface area contributed by atoms with Crippen LogP contribution in [0.1, 0.15) is 39.5 Å². The minimum absolute atomic E-state index is 0.0983. The molecule has 0 spiro atoms. The van der Waals surface area contributed by atoms with E-state index >= 15 is 0 Å². The highest BCUT2D eigenvalue weighted by Gasteiger charge is 2.37. The molecule has 0 radical (unpaired) electrons. The van der Waals surface area contributed by atoms with Crippen LogP contribution in [-0.2, 0) is 0 Å². The summed E-state index contributed by atoms with van der Waals surface area (Å²) >= 11 is 0. The van der Waals surface area contributed by atoms with Crippen molar-refractivity contribution in [1.82, 2.24) is 9.88 Å². The molecule has 1 aromatic heterocycles. The largest absolute Gasteiger partial charge is 0.395 e. The quantitative estimate of drug-likeness (QED) is 0.508. The number of H-pyrrole nitrogens is 1. The van der Waals surface area contributed by atoms with Gasteiger partial charge in [-0.2, -0.15) is 0 Å². The van der Waals surface area contributed by atoms with E-state index < -0.39 is 0 Å². The number of benzene rings is 1. The maximum absolute atomic E-state index is 10.2. The molecule has 1 aromatic carbocycles. The van der Waals surface area contributed by atoms with Crippen LogP contribution >= 0.6 is 0 Å².